The second-order valence-corrected chi connectivity index (χ2v) is 6.86. The molecule has 0 aliphatic heterocycles. The standard InChI is InChI=1S/C14H27NS/c1-2-16-10-4-9-15-14-6-3-5-13(11-14)12-7-8-12/h12-15H,2-11H2,1H3. The first-order valence-electron chi connectivity index (χ1n) is 7.21. The zero-order chi connectivity index (χ0) is 11.2. The molecule has 0 aromatic carbocycles. The summed E-state index contributed by atoms with van der Waals surface area (Å²) in [5.41, 5.74) is 0. The minimum Gasteiger partial charge on any atom is -0.314 e. The predicted molar refractivity (Wildman–Crippen MR) is 74.1 cm³/mol. The number of nitrogens with one attached hydrogen (secondary N) is 1. The van der Waals surface area contributed by atoms with Crippen LogP contribution in [0.25, 0.3) is 0 Å². The SMILES string of the molecule is CCSCCCNC1CCCC(C2CC2)C1. The zero-order valence-electron chi connectivity index (χ0n) is 10.7. The van der Waals surface area contributed by atoms with Crippen LogP contribution >= 0.6 is 11.8 Å². The average molecular weight is 241 g/mol. The highest BCUT2D eigenvalue weighted by molar-refractivity contribution is 7.99. The van der Waals surface area contributed by atoms with Crippen LogP contribution in [-0.2, 0) is 0 Å². The third kappa shape index (κ3) is 4.29. The quantitative estimate of drug-likeness (QED) is 0.682. The van der Waals surface area contributed by atoms with Gasteiger partial charge in [-0.15, -0.1) is 0 Å². The molecule has 2 saturated carbocycles. The van der Waals surface area contributed by atoms with E-state index in [9.17, 15) is 0 Å². The second kappa shape index (κ2) is 6.90. The topological polar surface area (TPSA) is 12.0 Å². The van der Waals surface area contributed by atoms with Gasteiger partial charge in [-0.3, -0.25) is 0 Å². The van der Waals surface area contributed by atoms with Crippen LogP contribution in [0.4, 0.5) is 0 Å². The maximum absolute atomic E-state index is 3.78. The molecular weight excluding hydrogens is 214 g/mol. The second-order valence-electron chi connectivity index (χ2n) is 5.47. The fourth-order valence-corrected chi connectivity index (χ4v) is 3.67. The van der Waals surface area contributed by atoms with Crippen molar-refractivity contribution in [3.05, 3.63) is 0 Å². The molecule has 1 N–H and O–H groups in total. The molecule has 1 nitrogen and oxygen atoms in total. The van der Waals surface area contributed by atoms with E-state index in [1.54, 1.807) is 0 Å². The number of rotatable bonds is 7. The highest BCUT2D eigenvalue weighted by Crippen LogP contribution is 2.43. The Kier molecular flexibility index (Phi) is 5.51. The third-order valence-corrected chi connectivity index (χ3v) is 5.09. The van der Waals surface area contributed by atoms with Crippen LogP contribution in [0, 0.1) is 11.8 Å². The van der Waals surface area contributed by atoms with Gasteiger partial charge in [0, 0.05) is 6.04 Å². The molecule has 2 atom stereocenters. The molecule has 2 unspecified atom stereocenters. The van der Waals surface area contributed by atoms with Gasteiger partial charge in [-0.05, 0) is 62.0 Å². The molecule has 2 aliphatic rings. The normalized spacial score (nSPS) is 30.6. The van der Waals surface area contributed by atoms with Crippen molar-refractivity contribution in [2.24, 2.45) is 11.8 Å². The van der Waals surface area contributed by atoms with Crippen LogP contribution in [0.3, 0.4) is 0 Å². The lowest BCUT2D eigenvalue weighted by Gasteiger charge is -2.30. The Bertz CT molecular complexity index is 191. The number of hydrogen-bond acceptors (Lipinski definition) is 2. The van der Waals surface area contributed by atoms with Gasteiger partial charge in [-0.1, -0.05) is 19.8 Å². The zero-order valence-corrected chi connectivity index (χ0v) is 11.5. The summed E-state index contributed by atoms with van der Waals surface area (Å²) in [6, 6.07) is 0.853. The van der Waals surface area contributed by atoms with E-state index < -0.39 is 0 Å². The summed E-state index contributed by atoms with van der Waals surface area (Å²) < 4.78 is 0. The molecule has 0 bridgehead atoms. The Balaban J connectivity index is 1.54. The van der Waals surface area contributed by atoms with Gasteiger partial charge in [-0.25, -0.2) is 0 Å². The van der Waals surface area contributed by atoms with Crippen molar-refractivity contribution in [1.29, 1.82) is 0 Å². The first-order valence-corrected chi connectivity index (χ1v) is 8.36. The van der Waals surface area contributed by atoms with E-state index in [2.05, 4.69) is 24.0 Å². The Morgan fingerprint density at radius 2 is 2.00 bits per heavy atom. The van der Waals surface area contributed by atoms with Crippen molar-refractivity contribution < 1.29 is 0 Å². The third-order valence-electron chi connectivity index (χ3n) is 4.11. The molecule has 2 fully saturated rings. The predicted octanol–water partition coefficient (Wildman–Crippen LogP) is 3.69. The molecule has 0 spiro atoms. The van der Waals surface area contributed by atoms with Gasteiger partial charge < -0.3 is 5.32 Å². The van der Waals surface area contributed by atoms with E-state index in [0.717, 1.165) is 17.9 Å². The summed E-state index contributed by atoms with van der Waals surface area (Å²) in [5, 5.41) is 3.78. The van der Waals surface area contributed by atoms with Crippen molar-refractivity contribution in [2.75, 3.05) is 18.1 Å². The number of hydrogen-bond donors (Lipinski definition) is 1. The van der Waals surface area contributed by atoms with Crippen molar-refractivity contribution in [3.8, 4) is 0 Å². The molecule has 16 heavy (non-hydrogen) atoms. The largest absolute Gasteiger partial charge is 0.314 e. The van der Waals surface area contributed by atoms with Crippen molar-refractivity contribution >= 4 is 11.8 Å². The summed E-state index contributed by atoms with van der Waals surface area (Å²) in [6.45, 7) is 3.49. The first-order chi connectivity index (χ1) is 7.90. The minimum atomic E-state index is 0.853. The maximum atomic E-state index is 3.78. The van der Waals surface area contributed by atoms with Gasteiger partial charge in [0.1, 0.15) is 0 Å². The fourth-order valence-electron chi connectivity index (χ4n) is 3.03. The lowest BCUT2D eigenvalue weighted by Crippen LogP contribution is -2.35. The van der Waals surface area contributed by atoms with Gasteiger partial charge in [0.2, 0.25) is 0 Å². The highest BCUT2D eigenvalue weighted by Gasteiger charge is 2.34. The summed E-state index contributed by atoms with van der Waals surface area (Å²) in [5.74, 6) is 4.81. The summed E-state index contributed by atoms with van der Waals surface area (Å²) in [7, 11) is 0. The molecular formula is C14H27NS. The van der Waals surface area contributed by atoms with Gasteiger partial charge in [0.25, 0.3) is 0 Å². The Morgan fingerprint density at radius 1 is 1.12 bits per heavy atom. The van der Waals surface area contributed by atoms with E-state index in [1.807, 2.05) is 0 Å². The average Bonchev–Trinajstić information content (AvgIpc) is 3.13. The molecule has 0 aromatic rings. The van der Waals surface area contributed by atoms with Gasteiger partial charge in [0.05, 0.1) is 0 Å². The minimum absolute atomic E-state index is 0.853. The van der Waals surface area contributed by atoms with Crippen molar-refractivity contribution in [2.45, 2.75) is 57.9 Å². The van der Waals surface area contributed by atoms with Crippen molar-refractivity contribution in [1.82, 2.24) is 5.32 Å². The smallest absolute Gasteiger partial charge is 0.00698 e. The van der Waals surface area contributed by atoms with Crippen LogP contribution in [0.1, 0.15) is 51.9 Å². The van der Waals surface area contributed by atoms with E-state index >= 15 is 0 Å². The number of thioether (sulfide) groups is 1. The maximum Gasteiger partial charge on any atom is 0.00698 e. The lowest BCUT2D eigenvalue weighted by atomic mass is 9.83. The molecule has 0 amide bonds. The summed E-state index contributed by atoms with van der Waals surface area (Å²) in [6.07, 6.45) is 10.3. The molecule has 2 aliphatic carbocycles. The Hall–Kier alpha value is 0.310. The molecule has 0 radical (unpaired) electrons. The monoisotopic (exact) mass is 241 g/mol. The lowest BCUT2D eigenvalue weighted by molar-refractivity contribution is 0.262. The molecule has 0 saturated heterocycles. The van der Waals surface area contributed by atoms with Gasteiger partial charge >= 0.3 is 0 Å². The van der Waals surface area contributed by atoms with Gasteiger partial charge in [0.15, 0.2) is 0 Å². The molecule has 2 heteroatoms. The molecule has 2 rings (SSSR count). The van der Waals surface area contributed by atoms with Crippen LogP contribution in [0.5, 0.6) is 0 Å². The summed E-state index contributed by atoms with van der Waals surface area (Å²) >= 11 is 2.07. The fraction of sp³-hybridized carbons (Fsp3) is 1.00. The molecule has 94 valence electrons. The Labute approximate surface area is 105 Å². The van der Waals surface area contributed by atoms with Crippen LogP contribution < -0.4 is 5.32 Å². The van der Waals surface area contributed by atoms with Crippen molar-refractivity contribution in [3.63, 3.8) is 0 Å². The van der Waals surface area contributed by atoms with Crippen LogP contribution in [0.2, 0.25) is 0 Å². The van der Waals surface area contributed by atoms with Crippen LogP contribution in [0.15, 0.2) is 0 Å². The van der Waals surface area contributed by atoms with E-state index in [4.69, 9.17) is 0 Å². The van der Waals surface area contributed by atoms with E-state index in [0.29, 0.717) is 0 Å². The summed E-state index contributed by atoms with van der Waals surface area (Å²) in [4.78, 5) is 0. The Morgan fingerprint density at radius 3 is 2.75 bits per heavy atom. The van der Waals surface area contributed by atoms with Gasteiger partial charge in [-0.2, -0.15) is 11.8 Å². The highest BCUT2D eigenvalue weighted by atomic mass is 32.2. The first kappa shape index (κ1) is 12.8. The van der Waals surface area contributed by atoms with Crippen LogP contribution in [-0.4, -0.2) is 24.1 Å². The van der Waals surface area contributed by atoms with E-state index in [-0.39, 0.29) is 0 Å². The molecule has 0 aromatic heterocycles. The molecule has 0 heterocycles. The van der Waals surface area contributed by atoms with E-state index in [1.165, 1.54) is 63.0 Å².